The number of nitrogens with one attached hydrogen (secondary N) is 2. The van der Waals surface area contributed by atoms with Crippen molar-refractivity contribution in [3.8, 4) is 0 Å². The zero-order chi connectivity index (χ0) is 13.3. The minimum atomic E-state index is -0.240. The summed E-state index contributed by atoms with van der Waals surface area (Å²) < 4.78 is 1.48. The van der Waals surface area contributed by atoms with Crippen LogP contribution < -0.4 is 11.0 Å². The molecule has 1 atom stereocenters. The summed E-state index contributed by atoms with van der Waals surface area (Å²) in [5.74, 6) is 1.19. The van der Waals surface area contributed by atoms with Crippen LogP contribution in [-0.4, -0.2) is 32.7 Å². The maximum atomic E-state index is 11.5. The molecule has 0 amide bonds. The Morgan fingerprint density at radius 3 is 2.83 bits per heavy atom. The molecule has 0 bridgehead atoms. The predicted molar refractivity (Wildman–Crippen MR) is 69.7 cm³/mol. The van der Waals surface area contributed by atoms with Crippen molar-refractivity contribution in [2.75, 3.05) is 7.05 Å². The molecule has 2 aromatic heterocycles. The SMILES string of the molecule is CNC(Cc1cc2n[nH]c(=O)n2c(C)n1)C(C)C. The maximum Gasteiger partial charge on any atom is 0.349 e. The predicted octanol–water partition coefficient (Wildman–Crippen LogP) is 0.513. The molecule has 2 heterocycles. The van der Waals surface area contributed by atoms with Crippen molar-refractivity contribution in [3.63, 3.8) is 0 Å². The second kappa shape index (κ2) is 4.89. The number of H-pyrrole nitrogens is 1. The molecule has 2 rings (SSSR count). The first-order valence-electron chi connectivity index (χ1n) is 6.14. The lowest BCUT2D eigenvalue weighted by atomic mass is 9.99. The Labute approximate surface area is 105 Å². The lowest BCUT2D eigenvalue weighted by Crippen LogP contribution is -2.33. The number of hydrogen-bond acceptors (Lipinski definition) is 4. The number of rotatable bonds is 4. The highest BCUT2D eigenvalue weighted by Crippen LogP contribution is 2.10. The summed E-state index contributed by atoms with van der Waals surface area (Å²) in [5.41, 5.74) is 1.34. The number of nitrogens with zero attached hydrogens (tertiary/aromatic N) is 3. The molecule has 0 fully saturated rings. The lowest BCUT2D eigenvalue weighted by Gasteiger charge is -2.19. The van der Waals surface area contributed by atoms with E-state index >= 15 is 0 Å². The van der Waals surface area contributed by atoms with Gasteiger partial charge in [-0.05, 0) is 19.9 Å². The molecule has 0 aromatic carbocycles. The third kappa shape index (κ3) is 2.28. The van der Waals surface area contributed by atoms with Crippen LogP contribution in [0.4, 0.5) is 0 Å². The van der Waals surface area contributed by atoms with Crippen molar-refractivity contribution in [1.29, 1.82) is 0 Å². The van der Waals surface area contributed by atoms with Crippen molar-refractivity contribution in [2.24, 2.45) is 5.92 Å². The number of aromatic nitrogens is 4. The molecular weight excluding hydrogens is 230 g/mol. The van der Waals surface area contributed by atoms with Gasteiger partial charge in [0.25, 0.3) is 0 Å². The van der Waals surface area contributed by atoms with Crippen molar-refractivity contribution in [3.05, 3.63) is 28.1 Å². The summed E-state index contributed by atoms with van der Waals surface area (Å²) >= 11 is 0. The first kappa shape index (κ1) is 12.8. The summed E-state index contributed by atoms with van der Waals surface area (Å²) in [6, 6.07) is 2.22. The summed E-state index contributed by atoms with van der Waals surface area (Å²) in [6.07, 6.45) is 0.826. The van der Waals surface area contributed by atoms with E-state index in [4.69, 9.17) is 0 Å². The molecule has 1 unspecified atom stereocenters. The second-order valence-corrected chi connectivity index (χ2v) is 4.86. The van der Waals surface area contributed by atoms with E-state index < -0.39 is 0 Å². The molecule has 18 heavy (non-hydrogen) atoms. The highest BCUT2D eigenvalue weighted by Gasteiger charge is 2.14. The van der Waals surface area contributed by atoms with E-state index in [0.29, 0.717) is 23.4 Å². The van der Waals surface area contributed by atoms with Crippen LogP contribution in [0, 0.1) is 12.8 Å². The summed E-state index contributed by atoms with van der Waals surface area (Å²) in [7, 11) is 1.95. The average Bonchev–Trinajstić information content (AvgIpc) is 2.68. The largest absolute Gasteiger partial charge is 0.349 e. The van der Waals surface area contributed by atoms with Crippen LogP contribution in [0.25, 0.3) is 5.65 Å². The minimum absolute atomic E-state index is 0.240. The Kier molecular flexibility index (Phi) is 3.47. The second-order valence-electron chi connectivity index (χ2n) is 4.86. The summed E-state index contributed by atoms with van der Waals surface area (Å²) in [6.45, 7) is 6.16. The van der Waals surface area contributed by atoms with E-state index in [-0.39, 0.29) is 5.69 Å². The quantitative estimate of drug-likeness (QED) is 0.828. The molecule has 6 heteroatoms. The number of hydrogen-bond donors (Lipinski definition) is 2. The number of likely N-dealkylation sites (N-methyl/N-ethyl adjacent to an activating group) is 1. The average molecular weight is 249 g/mol. The van der Waals surface area contributed by atoms with Gasteiger partial charge in [0.1, 0.15) is 5.82 Å². The highest BCUT2D eigenvalue weighted by atomic mass is 16.1. The van der Waals surface area contributed by atoms with E-state index in [1.165, 1.54) is 4.40 Å². The molecule has 0 radical (unpaired) electrons. The Morgan fingerprint density at radius 1 is 1.50 bits per heavy atom. The molecule has 2 N–H and O–H groups in total. The molecule has 0 saturated heterocycles. The van der Waals surface area contributed by atoms with Crippen LogP contribution in [-0.2, 0) is 6.42 Å². The van der Waals surface area contributed by atoms with Crippen LogP contribution >= 0.6 is 0 Å². The normalized spacial score (nSPS) is 13.4. The molecule has 0 spiro atoms. The molecule has 0 aliphatic carbocycles. The third-order valence-electron chi connectivity index (χ3n) is 3.23. The molecule has 98 valence electrons. The van der Waals surface area contributed by atoms with Gasteiger partial charge < -0.3 is 5.32 Å². The van der Waals surface area contributed by atoms with E-state index in [2.05, 4.69) is 34.3 Å². The zero-order valence-corrected chi connectivity index (χ0v) is 11.2. The Bertz CT molecular complexity index is 598. The molecular formula is C12H19N5O. The smallest absolute Gasteiger partial charge is 0.316 e. The van der Waals surface area contributed by atoms with E-state index in [1.807, 2.05) is 20.0 Å². The van der Waals surface area contributed by atoms with Gasteiger partial charge in [-0.25, -0.2) is 19.3 Å². The topological polar surface area (TPSA) is 75.1 Å². The monoisotopic (exact) mass is 249 g/mol. The maximum absolute atomic E-state index is 11.5. The van der Waals surface area contributed by atoms with Gasteiger partial charge >= 0.3 is 5.69 Å². The summed E-state index contributed by atoms with van der Waals surface area (Å²) in [4.78, 5) is 16.0. The fraction of sp³-hybridized carbons (Fsp3) is 0.583. The fourth-order valence-electron chi connectivity index (χ4n) is 2.16. The molecule has 6 nitrogen and oxygen atoms in total. The number of aryl methyl sites for hydroxylation is 1. The van der Waals surface area contributed by atoms with Gasteiger partial charge in [0, 0.05) is 24.2 Å². The van der Waals surface area contributed by atoms with Gasteiger partial charge in [-0.2, -0.15) is 5.10 Å². The van der Waals surface area contributed by atoms with Gasteiger partial charge in [0.05, 0.1) is 0 Å². The first-order chi connectivity index (χ1) is 8.52. The van der Waals surface area contributed by atoms with Gasteiger partial charge in [-0.15, -0.1) is 0 Å². The van der Waals surface area contributed by atoms with Crippen LogP contribution in [0.3, 0.4) is 0 Å². The van der Waals surface area contributed by atoms with E-state index in [0.717, 1.165) is 12.1 Å². The molecule has 0 saturated carbocycles. The van der Waals surface area contributed by atoms with Crippen molar-refractivity contribution < 1.29 is 0 Å². The van der Waals surface area contributed by atoms with Crippen molar-refractivity contribution in [1.82, 2.24) is 24.9 Å². The fourth-order valence-corrected chi connectivity index (χ4v) is 2.16. The third-order valence-corrected chi connectivity index (χ3v) is 3.23. The first-order valence-corrected chi connectivity index (χ1v) is 6.14. The Hall–Kier alpha value is -1.69. The van der Waals surface area contributed by atoms with Gasteiger partial charge in [0.2, 0.25) is 0 Å². The number of aromatic amines is 1. The Balaban J connectivity index is 2.38. The lowest BCUT2D eigenvalue weighted by molar-refractivity contribution is 0.421. The summed E-state index contributed by atoms with van der Waals surface area (Å²) in [5, 5.41) is 9.71. The van der Waals surface area contributed by atoms with Crippen LogP contribution in [0.2, 0.25) is 0 Å². The Morgan fingerprint density at radius 2 is 2.22 bits per heavy atom. The van der Waals surface area contributed by atoms with Crippen molar-refractivity contribution >= 4 is 5.65 Å². The van der Waals surface area contributed by atoms with E-state index in [9.17, 15) is 4.79 Å². The molecule has 0 aliphatic heterocycles. The van der Waals surface area contributed by atoms with Crippen LogP contribution in [0.1, 0.15) is 25.4 Å². The number of fused-ring (bicyclic) bond motifs is 1. The highest BCUT2D eigenvalue weighted by molar-refractivity contribution is 5.38. The van der Waals surface area contributed by atoms with Gasteiger partial charge in [0.15, 0.2) is 5.65 Å². The van der Waals surface area contributed by atoms with Gasteiger partial charge in [-0.1, -0.05) is 13.8 Å². The van der Waals surface area contributed by atoms with Gasteiger partial charge in [-0.3, -0.25) is 0 Å². The van der Waals surface area contributed by atoms with Crippen molar-refractivity contribution in [2.45, 2.75) is 33.2 Å². The molecule has 0 aliphatic rings. The standard InChI is InChI=1S/C12H19N5O/c1-7(2)10(13-4)5-9-6-11-15-16-12(18)17(11)8(3)14-9/h6-7,10,13H,5H2,1-4H3,(H,16,18). The van der Waals surface area contributed by atoms with Crippen LogP contribution in [0.5, 0.6) is 0 Å². The van der Waals surface area contributed by atoms with E-state index in [1.54, 1.807) is 0 Å². The zero-order valence-electron chi connectivity index (χ0n) is 11.2. The molecule has 2 aromatic rings. The van der Waals surface area contributed by atoms with Crippen LogP contribution in [0.15, 0.2) is 10.9 Å². The minimum Gasteiger partial charge on any atom is -0.316 e.